The van der Waals surface area contributed by atoms with Crippen molar-refractivity contribution >= 4 is 39.4 Å². The van der Waals surface area contributed by atoms with Crippen LogP contribution < -0.4 is 10.1 Å². The van der Waals surface area contributed by atoms with Gasteiger partial charge >= 0.3 is 0 Å². The molecule has 130 valence electrons. The van der Waals surface area contributed by atoms with Crippen molar-refractivity contribution in [2.75, 3.05) is 25.0 Å². The van der Waals surface area contributed by atoms with Gasteiger partial charge in [0.05, 0.1) is 6.54 Å². The second-order valence-electron chi connectivity index (χ2n) is 5.74. The molecule has 1 N–H and O–H groups in total. The number of amides is 1. The van der Waals surface area contributed by atoms with E-state index in [1.807, 2.05) is 23.6 Å². The minimum atomic E-state index is -0.00165. The molecule has 1 fully saturated rings. The van der Waals surface area contributed by atoms with Crippen molar-refractivity contribution in [1.29, 1.82) is 0 Å². The first-order valence-electron chi connectivity index (χ1n) is 7.84. The van der Waals surface area contributed by atoms with Gasteiger partial charge in [0.15, 0.2) is 5.13 Å². The van der Waals surface area contributed by atoms with E-state index in [0.717, 1.165) is 37.2 Å². The fourth-order valence-electron chi connectivity index (χ4n) is 2.70. The van der Waals surface area contributed by atoms with Crippen LogP contribution >= 0.6 is 28.3 Å². The van der Waals surface area contributed by atoms with E-state index < -0.39 is 0 Å². The SMILES string of the molecule is Br.Cc1ccccc1OC1CCN(CC(=O)Nc2nccs2)CC1. The van der Waals surface area contributed by atoms with E-state index in [1.165, 1.54) is 11.3 Å². The number of carbonyl (C=O) groups is 1. The number of rotatable bonds is 5. The van der Waals surface area contributed by atoms with Crippen LogP contribution in [0, 0.1) is 6.92 Å². The molecular formula is C17H22BrN3O2S. The predicted molar refractivity (Wildman–Crippen MR) is 102 cm³/mol. The van der Waals surface area contributed by atoms with Crippen LogP contribution in [0.15, 0.2) is 35.8 Å². The molecule has 0 saturated carbocycles. The summed E-state index contributed by atoms with van der Waals surface area (Å²) in [6.07, 6.45) is 3.81. The van der Waals surface area contributed by atoms with Crippen LogP contribution in [0.1, 0.15) is 18.4 Å². The number of likely N-dealkylation sites (tertiary alicyclic amines) is 1. The maximum Gasteiger partial charge on any atom is 0.240 e. The zero-order valence-corrected chi connectivity index (χ0v) is 16.1. The zero-order chi connectivity index (χ0) is 16.1. The van der Waals surface area contributed by atoms with Crippen LogP contribution in [-0.4, -0.2) is 41.5 Å². The van der Waals surface area contributed by atoms with Gasteiger partial charge in [-0.05, 0) is 31.4 Å². The van der Waals surface area contributed by atoms with Crippen LogP contribution in [0.4, 0.5) is 5.13 Å². The maximum absolute atomic E-state index is 12.0. The number of thiazole rings is 1. The Morgan fingerprint density at radius 1 is 1.38 bits per heavy atom. The molecule has 0 atom stereocenters. The summed E-state index contributed by atoms with van der Waals surface area (Å²) in [7, 11) is 0. The first-order chi connectivity index (χ1) is 11.2. The van der Waals surface area contributed by atoms with Gasteiger partial charge in [-0.3, -0.25) is 9.69 Å². The van der Waals surface area contributed by atoms with E-state index in [9.17, 15) is 4.79 Å². The first-order valence-corrected chi connectivity index (χ1v) is 8.72. The molecule has 0 spiro atoms. The van der Waals surface area contributed by atoms with Crippen LogP contribution in [-0.2, 0) is 4.79 Å². The molecule has 2 heterocycles. The van der Waals surface area contributed by atoms with Gasteiger partial charge in [0.2, 0.25) is 5.91 Å². The van der Waals surface area contributed by atoms with Crippen molar-refractivity contribution < 1.29 is 9.53 Å². The highest BCUT2D eigenvalue weighted by molar-refractivity contribution is 8.93. The number of aromatic nitrogens is 1. The molecule has 1 saturated heterocycles. The number of aryl methyl sites for hydroxylation is 1. The van der Waals surface area contributed by atoms with Gasteiger partial charge in [-0.25, -0.2) is 4.98 Å². The standard InChI is InChI=1S/C17H21N3O2S.BrH/c1-13-4-2-3-5-15(13)22-14-6-9-20(10-7-14)12-16(21)19-17-18-8-11-23-17;/h2-5,8,11,14H,6-7,9-10,12H2,1H3,(H,18,19,21);1H. The monoisotopic (exact) mass is 411 g/mol. The summed E-state index contributed by atoms with van der Waals surface area (Å²) >= 11 is 1.43. The molecule has 0 radical (unpaired) electrons. The number of piperidine rings is 1. The first kappa shape index (κ1) is 18.9. The smallest absolute Gasteiger partial charge is 0.240 e. The highest BCUT2D eigenvalue weighted by atomic mass is 79.9. The van der Waals surface area contributed by atoms with Crippen LogP contribution in [0.25, 0.3) is 0 Å². The van der Waals surface area contributed by atoms with Gasteiger partial charge in [0.1, 0.15) is 11.9 Å². The highest BCUT2D eigenvalue weighted by Gasteiger charge is 2.22. The van der Waals surface area contributed by atoms with Crippen molar-refractivity contribution in [1.82, 2.24) is 9.88 Å². The van der Waals surface area contributed by atoms with E-state index in [1.54, 1.807) is 6.20 Å². The fourth-order valence-corrected chi connectivity index (χ4v) is 3.25. The lowest BCUT2D eigenvalue weighted by atomic mass is 10.1. The summed E-state index contributed by atoms with van der Waals surface area (Å²) in [6, 6.07) is 8.10. The zero-order valence-electron chi connectivity index (χ0n) is 13.6. The third-order valence-corrected chi connectivity index (χ3v) is 4.66. The van der Waals surface area contributed by atoms with E-state index in [-0.39, 0.29) is 29.0 Å². The number of nitrogens with zero attached hydrogens (tertiary/aromatic N) is 2. The molecule has 7 heteroatoms. The summed E-state index contributed by atoms with van der Waals surface area (Å²) in [5.74, 6) is 0.964. The number of halogens is 1. The van der Waals surface area contributed by atoms with Crippen molar-refractivity contribution in [2.45, 2.75) is 25.9 Å². The summed E-state index contributed by atoms with van der Waals surface area (Å²) in [5, 5.41) is 5.33. The van der Waals surface area contributed by atoms with Gasteiger partial charge in [0.25, 0.3) is 0 Å². The molecule has 1 aromatic carbocycles. The largest absolute Gasteiger partial charge is 0.490 e. The number of carbonyl (C=O) groups excluding carboxylic acids is 1. The number of nitrogens with one attached hydrogen (secondary N) is 1. The Balaban J connectivity index is 0.00000208. The Hall–Kier alpha value is -1.44. The quantitative estimate of drug-likeness (QED) is 0.817. The molecule has 1 aliphatic rings. The average molecular weight is 412 g/mol. The minimum absolute atomic E-state index is 0. The Morgan fingerprint density at radius 2 is 2.12 bits per heavy atom. The summed E-state index contributed by atoms with van der Waals surface area (Å²) < 4.78 is 6.09. The molecular weight excluding hydrogens is 390 g/mol. The van der Waals surface area contributed by atoms with Gasteiger partial charge in [0, 0.05) is 24.7 Å². The van der Waals surface area contributed by atoms with Crippen LogP contribution in [0.2, 0.25) is 0 Å². The average Bonchev–Trinajstić information content (AvgIpc) is 3.04. The Bertz CT molecular complexity index is 643. The molecule has 1 aliphatic heterocycles. The molecule has 0 bridgehead atoms. The molecule has 3 rings (SSSR count). The highest BCUT2D eigenvalue weighted by Crippen LogP contribution is 2.22. The lowest BCUT2D eigenvalue weighted by Crippen LogP contribution is -2.42. The second-order valence-corrected chi connectivity index (χ2v) is 6.64. The number of anilines is 1. The molecule has 2 aromatic rings. The normalized spacial score (nSPS) is 15.5. The van der Waals surface area contributed by atoms with E-state index in [0.29, 0.717) is 11.7 Å². The predicted octanol–water partition coefficient (Wildman–Crippen LogP) is 3.51. The van der Waals surface area contributed by atoms with Crippen molar-refractivity contribution in [3.63, 3.8) is 0 Å². The number of hydrogen-bond acceptors (Lipinski definition) is 5. The molecule has 5 nitrogen and oxygen atoms in total. The molecule has 1 aromatic heterocycles. The van der Waals surface area contributed by atoms with Crippen LogP contribution in [0.5, 0.6) is 5.75 Å². The van der Waals surface area contributed by atoms with E-state index >= 15 is 0 Å². The summed E-state index contributed by atoms with van der Waals surface area (Å²) in [5.41, 5.74) is 1.16. The minimum Gasteiger partial charge on any atom is -0.490 e. The molecule has 0 unspecified atom stereocenters. The number of ether oxygens (including phenoxy) is 1. The van der Waals surface area contributed by atoms with Gasteiger partial charge in [-0.15, -0.1) is 28.3 Å². The third kappa shape index (κ3) is 5.29. The Labute approximate surface area is 156 Å². The van der Waals surface area contributed by atoms with Crippen molar-refractivity contribution in [3.8, 4) is 5.75 Å². The number of para-hydroxylation sites is 1. The lowest BCUT2D eigenvalue weighted by Gasteiger charge is -2.31. The topological polar surface area (TPSA) is 54.5 Å². The third-order valence-electron chi connectivity index (χ3n) is 3.97. The number of benzene rings is 1. The van der Waals surface area contributed by atoms with Gasteiger partial charge in [-0.1, -0.05) is 18.2 Å². The lowest BCUT2D eigenvalue weighted by molar-refractivity contribution is -0.117. The molecule has 1 amide bonds. The summed E-state index contributed by atoms with van der Waals surface area (Å²) in [4.78, 5) is 18.2. The Kier molecular flexibility index (Phi) is 7.20. The maximum atomic E-state index is 12.0. The van der Waals surface area contributed by atoms with Crippen LogP contribution in [0.3, 0.4) is 0 Å². The van der Waals surface area contributed by atoms with E-state index in [4.69, 9.17) is 4.74 Å². The van der Waals surface area contributed by atoms with Gasteiger partial charge < -0.3 is 10.1 Å². The number of hydrogen-bond donors (Lipinski definition) is 1. The van der Waals surface area contributed by atoms with Crippen molar-refractivity contribution in [3.05, 3.63) is 41.4 Å². The second kappa shape index (κ2) is 9.15. The molecule has 0 aliphatic carbocycles. The fraction of sp³-hybridized carbons (Fsp3) is 0.412. The molecule has 24 heavy (non-hydrogen) atoms. The van der Waals surface area contributed by atoms with Crippen molar-refractivity contribution in [2.24, 2.45) is 0 Å². The van der Waals surface area contributed by atoms with E-state index in [2.05, 4.69) is 28.2 Å². The van der Waals surface area contributed by atoms with Gasteiger partial charge in [-0.2, -0.15) is 0 Å². The summed E-state index contributed by atoms with van der Waals surface area (Å²) in [6.45, 7) is 4.23. The Morgan fingerprint density at radius 3 is 2.79 bits per heavy atom.